The fourth-order valence-corrected chi connectivity index (χ4v) is 1.44. The smallest absolute Gasteiger partial charge is 0.0991 e. The second-order valence-electron chi connectivity index (χ2n) is 3.88. The largest absolute Gasteiger partial charge is 0.374 e. The summed E-state index contributed by atoms with van der Waals surface area (Å²) >= 11 is 0. The van der Waals surface area contributed by atoms with E-state index in [0.29, 0.717) is 18.0 Å². The second-order valence-corrected chi connectivity index (χ2v) is 3.88. The van der Waals surface area contributed by atoms with Crippen LogP contribution in [0.15, 0.2) is 24.3 Å². The molecule has 0 saturated heterocycles. The maximum Gasteiger partial charge on any atom is 0.0991 e. The van der Waals surface area contributed by atoms with E-state index in [0.717, 1.165) is 12.2 Å². The Hall–Kier alpha value is -1.53. The zero-order valence-corrected chi connectivity index (χ0v) is 9.27. The maximum absolute atomic E-state index is 8.67. The molecule has 0 aliphatic carbocycles. The number of nitrogens with two attached hydrogens (primary N) is 1. The molecule has 2 N–H and O–H groups in total. The summed E-state index contributed by atoms with van der Waals surface area (Å²) in [7, 11) is 2.04. The number of hydrogen-bond donors (Lipinski definition) is 1. The summed E-state index contributed by atoms with van der Waals surface area (Å²) in [6.07, 6.45) is 0. The predicted molar refractivity (Wildman–Crippen MR) is 62.6 cm³/mol. The average Bonchev–Trinajstić information content (AvgIpc) is 2.29. The average molecular weight is 203 g/mol. The van der Waals surface area contributed by atoms with Crippen molar-refractivity contribution in [2.45, 2.75) is 6.92 Å². The van der Waals surface area contributed by atoms with Crippen molar-refractivity contribution in [3.8, 4) is 6.07 Å². The van der Waals surface area contributed by atoms with Gasteiger partial charge in [-0.05, 0) is 36.7 Å². The highest BCUT2D eigenvalue weighted by molar-refractivity contribution is 5.48. The first-order valence-corrected chi connectivity index (χ1v) is 5.08. The Morgan fingerprint density at radius 2 is 2.00 bits per heavy atom. The molecule has 0 aromatic heterocycles. The summed E-state index contributed by atoms with van der Waals surface area (Å²) in [6, 6.07) is 9.69. The molecule has 3 heteroatoms. The van der Waals surface area contributed by atoms with Crippen LogP contribution < -0.4 is 10.6 Å². The van der Waals surface area contributed by atoms with Gasteiger partial charge in [0.2, 0.25) is 0 Å². The molecule has 0 saturated carbocycles. The first-order valence-electron chi connectivity index (χ1n) is 5.08. The van der Waals surface area contributed by atoms with E-state index in [1.54, 1.807) is 0 Å². The third-order valence-electron chi connectivity index (χ3n) is 2.43. The van der Waals surface area contributed by atoms with Gasteiger partial charge in [-0.25, -0.2) is 0 Å². The van der Waals surface area contributed by atoms with Crippen LogP contribution in [-0.4, -0.2) is 20.1 Å². The van der Waals surface area contributed by atoms with E-state index >= 15 is 0 Å². The van der Waals surface area contributed by atoms with E-state index in [-0.39, 0.29) is 0 Å². The predicted octanol–water partition coefficient (Wildman–Crippen LogP) is 1.59. The standard InChI is InChI=1S/C12H17N3/c1-10(7-13)9-15(2)12-5-3-11(8-14)4-6-12/h3-6,10H,7,9,13H2,1-2H3. The van der Waals surface area contributed by atoms with Crippen LogP contribution in [0.3, 0.4) is 0 Å². The number of nitriles is 1. The highest BCUT2D eigenvalue weighted by Gasteiger charge is 2.05. The van der Waals surface area contributed by atoms with Gasteiger partial charge >= 0.3 is 0 Å². The van der Waals surface area contributed by atoms with Gasteiger partial charge in [-0.1, -0.05) is 6.92 Å². The molecule has 0 aliphatic heterocycles. The second kappa shape index (κ2) is 5.38. The molecule has 1 rings (SSSR count). The van der Waals surface area contributed by atoms with Crippen molar-refractivity contribution in [2.75, 3.05) is 25.0 Å². The highest BCUT2D eigenvalue weighted by atomic mass is 15.1. The minimum absolute atomic E-state index is 0.477. The number of rotatable bonds is 4. The van der Waals surface area contributed by atoms with Crippen LogP contribution >= 0.6 is 0 Å². The summed E-state index contributed by atoms with van der Waals surface area (Å²) in [4.78, 5) is 2.15. The molecule has 3 nitrogen and oxygen atoms in total. The van der Waals surface area contributed by atoms with Gasteiger partial charge in [-0.15, -0.1) is 0 Å². The third-order valence-corrected chi connectivity index (χ3v) is 2.43. The molecule has 1 unspecified atom stereocenters. The van der Waals surface area contributed by atoms with Gasteiger partial charge in [0.25, 0.3) is 0 Å². The van der Waals surface area contributed by atoms with E-state index < -0.39 is 0 Å². The number of anilines is 1. The summed E-state index contributed by atoms with van der Waals surface area (Å²) in [5.74, 6) is 0.477. The first kappa shape index (κ1) is 11.5. The van der Waals surface area contributed by atoms with Crippen molar-refractivity contribution >= 4 is 5.69 Å². The van der Waals surface area contributed by atoms with Crippen LogP contribution in [0, 0.1) is 17.2 Å². The molecular weight excluding hydrogens is 186 g/mol. The van der Waals surface area contributed by atoms with Crippen LogP contribution in [0.25, 0.3) is 0 Å². The van der Waals surface area contributed by atoms with Crippen LogP contribution in [0.2, 0.25) is 0 Å². The Balaban J connectivity index is 2.66. The third kappa shape index (κ3) is 3.26. The Kier molecular flexibility index (Phi) is 4.14. The number of nitrogens with zero attached hydrogens (tertiary/aromatic N) is 2. The van der Waals surface area contributed by atoms with Crippen molar-refractivity contribution in [3.63, 3.8) is 0 Å². The molecule has 1 aromatic rings. The quantitative estimate of drug-likeness (QED) is 0.808. The van der Waals surface area contributed by atoms with E-state index in [2.05, 4.69) is 17.9 Å². The fourth-order valence-electron chi connectivity index (χ4n) is 1.44. The molecule has 1 aromatic carbocycles. The molecule has 1 atom stereocenters. The van der Waals surface area contributed by atoms with Crippen LogP contribution in [0.5, 0.6) is 0 Å². The lowest BCUT2D eigenvalue weighted by molar-refractivity contribution is 0.590. The van der Waals surface area contributed by atoms with Crippen molar-refractivity contribution in [1.82, 2.24) is 0 Å². The van der Waals surface area contributed by atoms with E-state index in [9.17, 15) is 0 Å². The van der Waals surface area contributed by atoms with Gasteiger partial charge in [0, 0.05) is 19.3 Å². The monoisotopic (exact) mass is 203 g/mol. The Bertz CT molecular complexity index is 337. The van der Waals surface area contributed by atoms with Crippen LogP contribution in [0.4, 0.5) is 5.69 Å². The molecule has 0 bridgehead atoms. The van der Waals surface area contributed by atoms with Gasteiger partial charge in [0.1, 0.15) is 0 Å². The summed E-state index contributed by atoms with van der Waals surface area (Å²) in [6.45, 7) is 3.75. The molecule has 15 heavy (non-hydrogen) atoms. The first-order chi connectivity index (χ1) is 7.17. The topological polar surface area (TPSA) is 53.0 Å². The van der Waals surface area contributed by atoms with Crippen LogP contribution in [0.1, 0.15) is 12.5 Å². The van der Waals surface area contributed by atoms with E-state index in [1.807, 2.05) is 31.3 Å². The molecular formula is C12H17N3. The lowest BCUT2D eigenvalue weighted by Crippen LogP contribution is -2.28. The summed E-state index contributed by atoms with van der Waals surface area (Å²) in [5, 5.41) is 8.67. The number of hydrogen-bond acceptors (Lipinski definition) is 3. The lowest BCUT2D eigenvalue weighted by Gasteiger charge is -2.22. The normalized spacial score (nSPS) is 11.9. The molecule has 80 valence electrons. The maximum atomic E-state index is 8.67. The van der Waals surface area contributed by atoms with Crippen molar-refractivity contribution in [3.05, 3.63) is 29.8 Å². The van der Waals surface area contributed by atoms with Crippen molar-refractivity contribution in [2.24, 2.45) is 11.7 Å². The Morgan fingerprint density at radius 3 is 2.47 bits per heavy atom. The van der Waals surface area contributed by atoms with Gasteiger partial charge in [-0.3, -0.25) is 0 Å². The van der Waals surface area contributed by atoms with Gasteiger partial charge in [-0.2, -0.15) is 5.26 Å². The van der Waals surface area contributed by atoms with Gasteiger partial charge < -0.3 is 10.6 Å². The highest BCUT2D eigenvalue weighted by Crippen LogP contribution is 2.14. The lowest BCUT2D eigenvalue weighted by atomic mass is 10.1. The summed E-state index contributed by atoms with van der Waals surface area (Å²) < 4.78 is 0. The van der Waals surface area contributed by atoms with E-state index in [4.69, 9.17) is 11.0 Å². The molecule has 0 radical (unpaired) electrons. The van der Waals surface area contributed by atoms with Gasteiger partial charge in [0.05, 0.1) is 11.6 Å². The zero-order chi connectivity index (χ0) is 11.3. The summed E-state index contributed by atoms with van der Waals surface area (Å²) in [5.41, 5.74) is 7.39. The van der Waals surface area contributed by atoms with Crippen molar-refractivity contribution in [1.29, 1.82) is 5.26 Å². The van der Waals surface area contributed by atoms with Gasteiger partial charge in [0.15, 0.2) is 0 Å². The zero-order valence-electron chi connectivity index (χ0n) is 9.27. The molecule has 0 spiro atoms. The SMILES string of the molecule is CC(CN)CN(C)c1ccc(C#N)cc1. The number of benzene rings is 1. The molecule has 0 fully saturated rings. The molecule has 0 amide bonds. The van der Waals surface area contributed by atoms with Crippen molar-refractivity contribution < 1.29 is 0 Å². The van der Waals surface area contributed by atoms with E-state index in [1.165, 1.54) is 0 Å². The molecule has 0 heterocycles. The minimum atomic E-state index is 0.477. The van der Waals surface area contributed by atoms with Crippen LogP contribution in [-0.2, 0) is 0 Å². The molecule has 0 aliphatic rings. The Morgan fingerprint density at radius 1 is 1.40 bits per heavy atom. The Labute approximate surface area is 91.1 Å². The fraction of sp³-hybridized carbons (Fsp3) is 0.417. The minimum Gasteiger partial charge on any atom is -0.374 e.